The predicted octanol–water partition coefficient (Wildman–Crippen LogP) is 2.08. The maximum Gasteiger partial charge on any atom is 0.241 e. The van der Waals surface area contributed by atoms with Gasteiger partial charge < -0.3 is 9.47 Å². The minimum Gasteiger partial charge on any atom is -0.353 e. The smallest absolute Gasteiger partial charge is 0.241 e. The van der Waals surface area contributed by atoms with Crippen LogP contribution in [-0.2, 0) is 14.3 Å². The highest BCUT2D eigenvalue weighted by atomic mass is 16.7. The zero-order valence-electron chi connectivity index (χ0n) is 12.3. The standard InChI is InChI=1S/C16H24N2O3/c17-18-16(19)14(13-7-2-1-3-8-13)9-6-12-21-15-10-4-5-11-20-15/h1-3,7-8,14-15H,4-6,9-12,17H2,(H,18,19). The normalized spacial score (nSPS) is 20.0. The lowest BCUT2D eigenvalue weighted by Gasteiger charge is -2.23. The van der Waals surface area contributed by atoms with Crippen molar-refractivity contribution in [2.24, 2.45) is 5.84 Å². The molecule has 5 nitrogen and oxygen atoms in total. The van der Waals surface area contributed by atoms with Crippen LogP contribution in [0.5, 0.6) is 0 Å². The number of benzene rings is 1. The first kappa shape index (κ1) is 15.9. The number of ether oxygens (including phenoxy) is 2. The molecule has 1 saturated heterocycles. The monoisotopic (exact) mass is 292 g/mol. The average molecular weight is 292 g/mol. The van der Waals surface area contributed by atoms with Crippen molar-refractivity contribution >= 4 is 5.91 Å². The fraction of sp³-hybridized carbons (Fsp3) is 0.562. The van der Waals surface area contributed by atoms with Gasteiger partial charge in [-0.05, 0) is 37.7 Å². The van der Waals surface area contributed by atoms with E-state index in [9.17, 15) is 4.79 Å². The van der Waals surface area contributed by atoms with Crippen LogP contribution in [0.25, 0.3) is 0 Å². The van der Waals surface area contributed by atoms with E-state index in [-0.39, 0.29) is 18.1 Å². The summed E-state index contributed by atoms with van der Waals surface area (Å²) in [6.07, 6.45) is 4.68. The predicted molar refractivity (Wildman–Crippen MR) is 80.3 cm³/mol. The first-order valence-corrected chi connectivity index (χ1v) is 7.60. The average Bonchev–Trinajstić information content (AvgIpc) is 2.56. The van der Waals surface area contributed by atoms with E-state index in [1.54, 1.807) is 0 Å². The molecule has 1 aliphatic rings. The van der Waals surface area contributed by atoms with Gasteiger partial charge in [0.15, 0.2) is 6.29 Å². The van der Waals surface area contributed by atoms with Gasteiger partial charge >= 0.3 is 0 Å². The van der Waals surface area contributed by atoms with Crippen LogP contribution < -0.4 is 11.3 Å². The van der Waals surface area contributed by atoms with Crippen molar-refractivity contribution in [3.8, 4) is 0 Å². The SMILES string of the molecule is NNC(=O)C(CCCOC1CCCCO1)c1ccccc1. The van der Waals surface area contributed by atoms with Gasteiger partial charge in [-0.2, -0.15) is 0 Å². The summed E-state index contributed by atoms with van der Waals surface area (Å²) in [6.45, 7) is 1.39. The summed E-state index contributed by atoms with van der Waals surface area (Å²) in [5.41, 5.74) is 3.23. The molecule has 0 aliphatic carbocycles. The number of amides is 1. The number of nitrogens with two attached hydrogens (primary N) is 1. The van der Waals surface area contributed by atoms with Crippen LogP contribution in [0.15, 0.2) is 30.3 Å². The Kier molecular flexibility index (Phi) is 6.66. The van der Waals surface area contributed by atoms with E-state index in [4.69, 9.17) is 15.3 Å². The Bertz CT molecular complexity index is 419. The summed E-state index contributed by atoms with van der Waals surface area (Å²) >= 11 is 0. The Balaban J connectivity index is 1.78. The number of carbonyl (C=O) groups excluding carboxylic acids is 1. The molecule has 1 aliphatic heterocycles. The highest BCUT2D eigenvalue weighted by Gasteiger charge is 2.20. The van der Waals surface area contributed by atoms with Gasteiger partial charge in [-0.1, -0.05) is 30.3 Å². The molecule has 0 bridgehead atoms. The third kappa shape index (κ3) is 5.12. The van der Waals surface area contributed by atoms with Crippen LogP contribution in [0.4, 0.5) is 0 Å². The molecular formula is C16H24N2O3. The van der Waals surface area contributed by atoms with Gasteiger partial charge in [-0.15, -0.1) is 0 Å². The van der Waals surface area contributed by atoms with Crippen molar-refractivity contribution < 1.29 is 14.3 Å². The van der Waals surface area contributed by atoms with Gasteiger partial charge in [0.25, 0.3) is 0 Å². The maximum absolute atomic E-state index is 11.9. The molecule has 2 rings (SSSR count). The van der Waals surface area contributed by atoms with Gasteiger partial charge in [0.2, 0.25) is 5.91 Å². The molecule has 1 fully saturated rings. The lowest BCUT2D eigenvalue weighted by molar-refractivity contribution is -0.163. The van der Waals surface area contributed by atoms with Crippen molar-refractivity contribution in [1.82, 2.24) is 5.43 Å². The zero-order chi connectivity index (χ0) is 14.9. The summed E-state index contributed by atoms with van der Waals surface area (Å²) in [4.78, 5) is 11.9. The molecule has 2 atom stereocenters. The molecule has 1 heterocycles. The van der Waals surface area contributed by atoms with Crippen molar-refractivity contribution in [3.63, 3.8) is 0 Å². The molecule has 3 N–H and O–H groups in total. The lowest BCUT2D eigenvalue weighted by Crippen LogP contribution is -2.35. The van der Waals surface area contributed by atoms with Crippen molar-refractivity contribution in [2.45, 2.75) is 44.3 Å². The van der Waals surface area contributed by atoms with E-state index in [0.29, 0.717) is 13.0 Å². The Morgan fingerprint density at radius 2 is 2.19 bits per heavy atom. The molecule has 1 aromatic carbocycles. The topological polar surface area (TPSA) is 73.6 Å². The van der Waals surface area contributed by atoms with Crippen LogP contribution in [0, 0.1) is 0 Å². The molecule has 0 radical (unpaired) electrons. The number of hydrogen-bond donors (Lipinski definition) is 2. The summed E-state index contributed by atoms with van der Waals surface area (Å²) in [5.74, 6) is 4.89. The van der Waals surface area contributed by atoms with Gasteiger partial charge in [-0.3, -0.25) is 10.2 Å². The molecule has 0 spiro atoms. The second kappa shape index (κ2) is 8.77. The van der Waals surface area contributed by atoms with Gasteiger partial charge in [0, 0.05) is 13.2 Å². The number of rotatable bonds is 7. The van der Waals surface area contributed by atoms with Gasteiger partial charge in [-0.25, -0.2) is 5.84 Å². The third-order valence-electron chi connectivity index (χ3n) is 3.74. The van der Waals surface area contributed by atoms with E-state index in [1.807, 2.05) is 30.3 Å². The minimum atomic E-state index is -0.230. The largest absolute Gasteiger partial charge is 0.353 e. The molecule has 116 valence electrons. The van der Waals surface area contributed by atoms with Crippen LogP contribution in [0.3, 0.4) is 0 Å². The molecule has 5 heteroatoms. The summed E-state index contributed by atoms with van der Waals surface area (Å²) < 4.78 is 11.2. The van der Waals surface area contributed by atoms with E-state index in [2.05, 4.69) is 5.43 Å². The summed E-state index contributed by atoms with van der Waals surface area (Å²) in [7, 11) is 0. The molecule has 0 saturated carbocycles. The third-order valence-corrected chi connectivity index (χ3v) is 3.74. The molecule has 2 unspecified atom stereocenters. The number of nitrogens with one attached hydrogen (secondary N) is 1. The van der Waals surface area contributed by atoms with Gasteiger partial charge in [0.1, 0.15) is 0 Å². The molecular weight excluding hydrogens is 268 g/mol. The Labute approximate surface area is 125 Å². The fourth-order valence-electron chi connectivity index (χ4n) is 2.58. The van der Waals surface area contributed by atoms with Crippen molar-refractivity contribution in [1.29, 1.82) is 0 Å². The summed E-state index contributed by atoms with van der Waals surface area (Å²) in [5, 5.41) is 0. The zero-order valence-corrected chi connectivity index (χ0v) is 12.3. The first-order valence-electron chi connectivity index (χ1n) is 7.60. The number of hydrogen-bond acceptors (Lipinski definition) is 4. The van der Waals surface area contributed by atoms with Crippen molar-refractivity contribution in [2.75, 3.05) is 13.2 Å². The molecule has 0 aromatic heterocycles. The van der Waals surface area contributed by atoms with E-state index in [0.717, 1.165) is 37.9 Å². The van der Waals surface area contributed by atoms with Crippen LogP contribution in [-0.4, -0.2) is 25.4 Å². The highest BCUT2D eigenvalue weighted by molar-refractivity contribution is 5.82. The minimum absolute atomic E-state index is 0.0720. The van der Waals surface area contributed by atoms with Crippen LogP contribution >= 0.6 is 0 Å². The Morgan fingerprint density at radius 3 is 2.86 bits per heavy atom. The molecule has 1 amide bonds. The van der Waals surface area contributed by atoms with E-state index in [1.165, 1.54) is 0 Å². The summed E-state index contributed by atoms with van der Waals surface area (Å²) in [6, 6.07) is 9.69. The molecule has 1 aromatic rings. The quantitative estimate of drug-likeness (QED) is 0.349. The Hall–Kier alpha value is -1.43. The Morgan fingerprint density at radius 1 is 1.38 bits per heavy atom. The first-order chi connectivity index (χ1) is 10.3. The fourth-order valence-corrected chi connectivity index (χ4v) is 2.58. The highest BCUT2D eigenvalue weighted by Crippen LogP contribution is 2.22. The van der Waals surface area contributed by atoms with E-state index < -0.39 is 0 Å². The molecule has 21 heavy (non-hydrogen) atoms. The lowest BCUT2D eigenvalue weighted by atomic mass is 9.94. The second-order valence-corrected chi connectivity index (χ2v) is 5.28. The number of carbonyl (C=O) groups is 1. The maximum atomic E-state index is 11.9. The van der Waals surface area contributed by atoms with Crippen LogP contribution in [0.2, 0.25) is 0 Å². The van der Waals surface area contributed by atoms with E-state index >= 15 is 0 Å². The second-order valence-electron chi connectivity index (χ2n) is 5.28. The van der Waals surface area contributed by atoms with Gasteiger partial charge in [0.05, 0.1) is 5.92 Å². The van der Waals surface area contributed by atoms with Crippen LogP contribution in [0.1, 0.15) is 43.6 Å². The number of hydrazine groups is 1. The van der Waals surface area contributed by atoms with Crippen molar-refractivity contribution in [3.05, 3.63) is 35.9 Å².